The summed E-state index contributed by atoms with van der Waals surface area (Å²) in [5.41, 5.74) is 2.57. The first-order valence-electron chi connectivity index (χ1n) is 3.39. The van der Waals surface area contributed by atoms with Crippen molar-refractivity contribution in [2.75, 3.05) is 4.90 Å². The normalized spacial score (nSPS) is 13.9. The van der Waals surface area contributed by atoms with Gasteiger partial charge >= 0.3 is 0 Å². The van der Waals surface area contributed by atoms with Gasteiger partial charge in [-0.05, 0) is 19.1 Å². The molecular formula is C9H9N. The Kier molecular flexibility index (Phi) is 1.04. The van der Waals surface area contributed by atoms with E-state index in [9.17, 15) is 0 Å². The second kappa shape index (κ2) is 1.87. The first-order chi connectivity index (χ1) is 4.86. The molecule has 1 aliphatic rings. The zero-order chi connectivity index (χ0) is 6.97. The average molecular weight is 131 g/mol. The molecule has 0 bridgehead atoms. The van der Waals surface area contributed by atoms with Crippen LogP contribution in [0.3, 0.4) is 0 Å². The molecule has 1 aliphatic heterocycles. The van der Waals surface area contributed by atoms with E-state index in [4.69, 9.17) is 0 Å². The molecule has 1 aromatic carbocycles. The van der Waals surface area contributed by atoms with E-state index in [2.05, 4.69) is 36.1 Å². The molecule has 1 aromatic rings. The zero-order valence-electron chi connectivity index (χ0n) is 5.91. The van der Waals surface area contributed by atoms with Gasteiger partial charge in [-0.15, -0.1) is 0 Å². The molecule has 0 saturated heterocycles. The van der Waals surface area contributed by atoms with Crippen LogP contribution < -0.4 is 4.90 Å². The van der Waals surface area contributed by atoms with E-state index in [1.807, 2.05) is 12.4 Å². The first kappa shape index (κ1) is 5.54. The molecular weight excluding hydrogens is 122 g/mol. The van der Waals surface area contributed by atoms with Crippen molar-refractivity contribution in [3.8, 4) is 0 Å². The summed E-state index contributed by atoms with van der Waals surface area (Å²) in [5, 5.41) is 0. The van der Waals surface area contributed by atoms with Crippen molar-refractivity contribution in [3.63, 3.8) is 0 Å². The summed E-state index contributed by atoms with van der Waals surface area (Å²) < 4.78 is 0. The van der Waals surface area contributed by atoms with Gasteiger partial charge in [-0.25, -0.2) is 0 Å². The Bertz CT molecular complexity index is 253. The largest absolute Gasteiger partial charge is 0.321 e. The van der Waals surface area contributed by atoms with E-state index >= 15 is 0 Å². The highest BCUT2D eigenvalue weighted by molar-refractivity contribution is 5.59. The highest BCUT2D eigenvalue weighted by atomic mass is 15.2. The molecule has 0 saturated carbocycles. The second-order valence-corrected chi connectivity index (χ2v) is 2.54. The summed E-state index contributed by atoms with van der Waals surface area (Å²) in [7, 11) is 0. The van der Waals surface area contributed by atoms with Gasteiger partial charge in [0.1, 0.15) is 0 Å². The van der Waals surface area contributed by atoms with Crippen LogP contribution in [0.5, 0.6) is 0 Å². The highest BCUT2D eigenvalue weighted by Crippen LogP contribution is 2.21. The predicted molar refractivity (Wildman–Crippen MR) is 42.8 cm³/mol. The minimum absolute atomic E-state index is 1.26. The molecule has 1 heterocycles. The molecule has 2 rings (SSSR count). The molecule has 1 heteroatoms. The van der Waals surface area contributed by atoms with Gasteiger partial charge in [0.15, 0.2) is 0 Å². The summed E-state index contributed by atoms with van der Waals surface area (Å²) in [6.07, 6.45) is 4.09. The quantitative estimate of drug-likeness (QED) is 0.565. The number of hydrogen-bond donors (Lipinski definition) is 0. The average Bonchev–Trinajstić information content (AvgIpc) is 2.71. The van der Waals surface area contributed by atoms with Crippen molar-refractivity contribution in [3.05, 3.63) is 42.2 Å². The van der Waals surface area contributed by atoms with Crippen molar-refractivity contribution < 1.29 is 0 Å². The van der Waals surface area contributed by atoms with E-state index in [0.29, 0.717) is 0 Å². The topological polar surface area (TPSA) is 3.01 Å². The van der Waals surface area contributed by atoms with E-state index in [1.54, 1.807) is 0 Å². The van der Waals surface area contributed by atoms with Crippen LogP contribution in [-0.2, 0) is 0 Å². The fourth-order valence-corrected chi connectivity index (χ4v) is 0.922. The highest BCUT2D eigenvalue weighted by Gasteiger charge is 2.06. The lowest BCUT2D eigenvalue weighted by molar-refractivity contribution is 1.41. The van der Waals surface area contributed by atoms with Crippen LogP contribution in [0, 0.1) is 6.92 Å². The van der Waals surface area contributed by atoms with Crippen LogP contribution in [0.2, 0.25) is 0 Å². The van der Waals surface area contributed by atoms with Crippen molar-refractivity contribution in [1.29, 1.82) is 0 Å². The Hall–Kier alpha value is -1.24. The SMILES string of the molecule is Cc1ccc(N2C=C2)cc1. The number of aryl methyl sites for hydroxylation is 1. The Morgan fingerprint density at radius 1 is 1.00 bits per heavy atom. The lowest BCUT2D eigenvalue weighted by Gasteiger charge is -2.01. The Labute approximate surface area is 60.6 Å². The van der Waals surface area contributed by atoms with E-state index < -0.39 is 0 Å². The minimum atomic E-state index is 1.26. The minimum Gasteiger partial charge on any atom is -0.321 e. The molecule has 0 N–H and O–H groups in total. The maximum absolute atomic E-state index is 2.12. The molecule has 0 unspecified atom stereocenters. The predicted octanol–water partition coefficient (Wildman–Crippen LogP) is 2.29. The van der Waals surface area contributed by atoms with E-state index in [0.717, 1.165) is 0 Å². The molecule has 10 heavy (non-hydrogen) atoms. The summed E-state index contributed by atoms with van der Waals surface area (Å²) in [4.78, 5) is 2.10. The number of anilines is 1. The van der Waals surface area contributed by atoms with Gasteiger partial charge in [-0.2, -0.15) is 0 Å². The molecule has 1 nitrogen and oxygen atoms in total. The van der Waals surface area contributed by atoms with Crippen LogP contribution in [0.4, 0.5) is 5.69 Å². The third-order valence-electron chi connectivity index (χ3n) is 1.63. The molecule has 0 radical (unpaired) electrons. The van der Waals surface area contributed by atoms with Crippen molar-refractivity contribution >= 4 is 5.69 Å². The molecule has 0 atom stereocenters. The first-order valence-corrected chi connectivity index (χ1v) is 3.39. The molecule has 50 valence electrons. The maximum atomic E-state index is 2.12. The number of rotatable bonds is 1. The third-order valence-corrected chi connectivity index (χ3v) is 1.63. The fraction of sp³-hybridized carbons (Fsp3) is 0.111. The molecule has 0 aliphatic carbocycles. The summed E-state index contributed by atoms with van der Waals surface area (Å²) in [5.74, 6) is 0. The van der Waals surface area contributed by atoms with Crippen molar-refractivity contribution in [2.45, 2.75) is 6.92 Å². The summed E-state index contributed by atoms with van der Waals surface area (Å²) >= 11 is 0. The van der Waals surface area contributed by atoms with Crippen LogP contribution in [0.1, 0.15) is 5.56 Å². The zero-order valence-corrected chi connectivity index (χ0v) is 5.91. The van der Waals surface area contributed by atoms with Gasteiger partial charge < -0.3 is 4.90 Å². The number of nitrogens with zero attached hydrogens (tertiary/aromatic N) is 1. The van der Waals surface area contributed by atoms with Crippen LogP contribution in [0.25, 0.3) is 0 Å². The van der Waals surface area contributed by atoms with Crippen LogP contribution in [0.15, 0.2) is 36.7 Å². The molecule has 0 spiro atoms. The van der Waals surface area contributed by atoms with Crippen molar-refractivity contribution in [1.82, 2.24) is 0 Å². The maximum Gasteiger partial charge on any atom is 0.0450 e. The van der Waals surface area contributed by atoms with Gasteiger partial charge in [0.25, 0.3) is 0 Å². The summed E-state index contributed by atoms with van der Waals surface area (Å²) in [6, 6.07) is 8.48. The van der Waals surface area contributed by atoms with Crippen LogP contribution >= 0.6 is 0 Å². The molecule has 0 fully saturated rings. The van der Waals surface area contributed by atoms with Crippen molar-refractivity contribution in [2.24, 2.45) is 0 Å². The van der Waals surface area contributed by atoms with E-state index in [-0.39, 0.29) is 0 Å². The fourth-order valence-electron chi connectivity index (χ4n) is 0.922. The van der Waals surface area contributed by atoms with Gasteiger partial charge in [-0.1, -0.05) is 17.7 Å². The molecule has 0 amide bonds. The van der Waals surface area contributed by atoms with Gasteiger partial charge in [0.05, 0.1) is 0 Å². The van der Waals surface area contributed by atoms with Gasteiger partial charge in [0.2, 0.25) is 0 Å². The van der Waals surface area contributed by atoms with Crippen LogP contribution in [-0.4, -0.2) is 0 Å². The lowest BCUT2D eigenvalue weighted by atomic mass is 10.2. The number of benzene rings is 1. The van der Waals surface area contributed by atoms with Gasteiger partial charge in [-0.3, -0.25) is 0 Å². The Balaban J connectivity index is 2.28. The number of hydrogen-bond acceptors (Lipinski definition) is 1. The second-order valence-electron chi connectivity index (χ2n) is 2.54. The smallest absolute Gasteiger partial charge is 0.0450 e. The third kappa shape index (κ3) is 0.903. The Morgan fingerprint density at radius 3 is 2.10 bits per heavy atom. The van der Waals surface area contributed by atoms with E-state index in [1.165, 1.54) is 11.3 Å². The van der Waals surface area contributed by atoms with Gasteiger partial charge in [0, 0.05) is 18.1 Å². The molecule has 0 aromatic heterocycles. The standard InChI is InChI=1S/C9H9N/c1-8-2-4-9(5-3-8)10-6-7-10/h2-7H,1H3. The summed E-state index contributed by atoms with van der Waals surface area (Å²) in [6.45, 7) is 2.10. The Morgan fingerprint density at radius 2 is 1.60 bits per heavy atom. The lowest BCUT2D eigenvalue weighted by Crippen LogP contribution is -1.88. The monoisotopic (exact) mass is 131 g/mol.